The van der Waals surface area contributed by atoms with Gasteiger partial charge < -0.3 is 4.90 Å². The number of hydrogen-bond donors (Lipinski definition) is 0. The third-order valence-corrected chi connectivity index (χ3v) is 3.92. The average Bonchev–Trinajstić information content (AvgIpc) is 2.39. The molecule has 2 rings (SSSR count). The number of carbonyl (C=O) groups excluding carboxylic acids is 1. The van der Waals surface area contributed by atoms with Gasteiger partial charge in [-0.15, -0.1) is 0 Å². The van der Waals surface area contributed by atoms with Crippen LogP contribution in [0.2, 0.25) is 0 Å². The number of alkyl halides is 1. The molecule has 1 fully saturated rings. The minimum absolute atomic E-state index is 0.0635. The number of piperidine rings is 1. The molecular weight excluding hydrogens is 268 g/mol. The van der Waals surface area contributed by atoms with E-state index in [4.69, 9.17) is 0 Å². The second kappa shape index (κ2) is 5.43. The van der Waals surface area contributed by atoms with Gasteiger partial charge in [0.1, 0.15) is 5.69 Å². The number of halogens is 1. The summed E-state index contributed by atoms with van der Waals surface area (Å²) < 4.78 is 0. The molecule has 0 bridgehead atoms. The van der Waals surface area contributed by atoms with E-state index in [0.717, 1.165) is 31.3 Å². The highest BCUT2D eigenvalue weighted by Gasteiger charge is 2.23. The molecule has 1 aromatic rings. The second-order valence-corrected chi connectivity index (χ2v) is 4.75. The first-order valence-corrected chi connectivity index (χ1v) is 6.69. The van der Waals surface area contributed by atoms with Crippen molar-refractivity contribution in [1.82, 2.24) is 9.88 Å². The van der Waals surface area contributed by atoms with Gasteiger partial charge in [-0.2, -0.15) is 0 Å². The van der Waals surface area contributed by atoms with E-state index >= 15 is 0 Å². The molecule has 4 heteroatoms. The molecule has 0 aliphatic carbocycles. The van der Waals surface area contributed by atoms with Crippen LogP contribution in [0.5, 0.6) is 0 Å². The van der Waals surface area contributed by atoms with E-state index in [1.54, 1.807) is 12.3 Å². The number of pyridine rings is 1. The highest BCUT2D eigenvalue weighted by molar-refractivity contribution is 9.09. The largest absolute Gasteiger partial charge is 0.337 e. The summed E-state index contributed by atoms with van der Waals surface area (Å²) in [5.74, 6) is 0.779. The quantitative estimate of drug-likeness (QED) is 0.780. The summed E-state index contributed by atoms with van der Waals surface area (Å²) in [6.07, 6.45) is 3.84. The van der Waals surface area contributed by atoms with Gasteiger partial charge in [-0.3, -0.25) is 9.78 Å². The minimum atomic E-state index is 0.0635. The van der Waals surface area contributed by atoms with E-state index < -0.39 is 0 Å². The Morgan fingerprint density at radius 3 is 2.75 bits per heavy atom. The molecular formula is C12H15BrN2O. The van der Waals surface area contributed by atoms with Gasteiger partial charge in [-0.05, 0) is 30.9 Å². The molecule has 1 aromatic heterocycles. The number of amides is 1. The first-order valence-electron chi connectivity index (χ1n) is 5.57. The number of hydrogen-bond acceptors (Lipinski definition) is 2. The van der Waals surface area contributed by atoms with Crippen LogP contribution in [0.3, 0.4) is 0 Å². The molecule has 3 nitrogen and oxygen atoms in total. The van der Waals surface area contributed by atoms with Crippen molar-refractivity contribution >= 4 is 21.8 Å². The van der Waals surface area contributed by atoms with E-state index in [1.807, 2.05) is 17.0 Å². The molecule has 0 spiro atoms. The second-order valence-electron chi connectivity index (χ2n) is 4.10. The van der Waals surface area contributed by atoms with Crippen molar-refractivity contribution < 1.29 is 4.79 Å². The molecule has 1 amide bonds. The van der Waals surface area contributed by atoms with Gasteiger partial charge in [0.15, 0.2) is 0 Å². The van der Waals surface area contributed by atoms with E-state index in [-0.39, 0.29) is 5.91 Å². The lowest BCUT2D eigenvalue weighted by Crippen LogP contribution is -2.39. The standard InChI is InChI=1S/C12H15BrN2O/c13-9-10-4-7-15(8-5-10)12(16)11-3-1-2-6-14-11/h1-3,6,10H,4-5,7-9H2. The molecule has 0 aromatic carbocycles. The fourth-order valence-electron chi connectivity index (χ4n) is 1.94. The zero-order valence-electron chi connectivity index (χ0n) is 9.10. The Labute approximate surface area is 104 Å². The monoisotopic (exact) mass is 282 g/mol. The van der Waals surface area contributed by atoms with Gasteiger partial charge >= 0.3 is 0 Å². The molecule has 2 heterocycles. The minimum Gasteiger partial charge on any atom is -0.337 e. The summed E-state index contributed by atoms with van der Waals surface area (Å²) in [6.45, 7) is 1.71. The molecule has 0 atom stereocenters. The lowest BCUT2D eigenvalue weighted by atomic mass is 9.99. The Kier molecular flexibility index (Phi) is 3.93. The topological polar surface area (TPSA) is 33.2 Å². The predicted molar refractivity (Wildman–Crippen MR) is 66.7 cm³/mol. The average molecular weight is 283 g/mol. The highest BCUT2D eigenvalue weighted by atomic mass is 79.9. The van der Waals surface area contributed by atoms with Crippen molar-refractivity contribution in [3.05, 3.63) is 30.1 Å². The predicted octanol–water partition coefficient (Wildman–Crippen LogP) is 2.33. The summed E-state index contributed by atoms with van der Waals surface area (Å²) >= 11 is 3.50. The van der Waals surface area contributed by atoms with Gasteiger partial charge in [-0.1, -0.05) is 22.0 Å². The van der Waals surface area contributed by atoms with Gasteiger partial charge in [0.2, 0.25) is 0 Å². The Balaban J connectivity index is 1.97. The van der Waals surface area contributed by atoms with E-state index in [9.17, 15) is 4.79 Å². The fourth-order valence-corrected chi connectivity index (χ4v) is 2.59. The van der Waals surface area contributed by atoms with Crippen molar-refractivity contribution in [2.24, 2.45) is 5.92 Å². The van der Waals surface area contributed by atoms with Crippen LogP contribution in [0.15, 0.2) is 24.4 Å². The molecule has 1 aliphatic rings. The Morgan fingerprint density at radius 2 is 2.19 bits per heavy atom. The smallest absolute Gasteiger partial charge is 0.272 e. The number of likely N-dealkylation sites (tertiary alicyclic amines) is 1. The third-order valence-electron chi connectivity index (χ3n) is 3.00. The van der Waals surface area contributed by atoms with Crippen molar-refractivity contribution in [3.63, 3.8) is 0 Å². The van der Waals surface area contributed by atoms with E-state index in [1.165, 1.54) is 0 Å². The fraction of sp³-hybridized carbons (Fsp3) is 0.500. The summed E-state index contributed by atoms with van der Waals surface area (Å²) in [5, 5.41) is 1.04. The van der Waals surface area contributed by atoms with Crippen LogP contribution in [0, 0.1) is 5.92 Å². The van der Waals surface area contributed by atoms with Crippen LogP contribution >= 0.6 is 15.9 Å². The normalized spacial score (nSPS) is 17.4. The number of carbonyl (C=O) groups is 1. The number of aromatic nitrogens is 1. The van der Waals surface area contributed by atoms with Crippen LogP contribution < -0.4 is 0 Å². The van der Waals surface area contributed by atoms with Gasteiger partial charge in [0.05, 0.1) is 0 Å². The summed E-state index contributed by atoms with van der Waals surface area (Å²) in [6, 6.07) is 5.46. The maximum absolute atomic E-state index is 12.0. The molecule has 0 saturated carbocycles. The molecule has 0 unspecified atom stereocenters. The molecule has 1 saturated heterocycles. The Hall–Kier alpha value is -0.900. The Morgan fingerprint density at radius 1 is 1.44 bits per heavy atom. The van der Waals surface area contributed by atoms with Crippen molar-refractivity contribution in [1.29, 1.82) is 0 Å². The van der Waals surface area contributed by atoms with Crippen molar-refractivity contribution in [2.75, 3.05) is 18.4 Å². The van der Waals surface area contributed by atoms with Crippen molar-refractivity contribution in [3.8, 4) is 0 Å². The SMILES string of the molecule is O=C(c1ccccn1)N1CCC(CBr)CC1. The van der Waals surface area contributed by atoms with Gasteiger partial charge in [0.25, 0.3) is 5.91 Å². The van der Waals surface area contributed by atoms with E-state index in [0.29, 0.717) is 11.6 Å². The number of rotatable bonds is 2. The third kappa shape index (κ3) is 2.61. The van der Waals surface area contributed by atoms with Gasteiger partial charge in [-0.25, -0.2) is 0 Å². The van der Waals surface area contributed by atoms with Crippen molar-refractivity contribution in [2.45, 2.75) is 12.8 Å². The van der Waals surface area contributed by atoms with Gasteiger partial charge in [0, 0.05) is 24.6 Å². The molecule has 86 valence electrons. The zero-order chi connectivity index (χ0) is 11.4. The lowest BCUT2D eigenvalue weighted by Gasteiger charge is -2.30. The zero-order valence-corrected chi connectivity index (χ0v) is 10.7. The summed E-state index contributed by atoms with van der Waals surface area (Å²) in [5.41, 5.74) is 0.555. The highest BCUT2D eigenvalue weighted by Crippen LogP contribution is 2.20. The van der Waals surface area contributed by atoms with Crippen LogP contribution in [-0.4, -0.2) is 34.2 Å². The summed E-state index contributed by atoms with van der Waals surface area (Å²) in [4.78, 5) is 18.0. The Bertz CT molecular complexity index is 347. The lowest BCUT2D eigenvalue weighted by molar-refractivity contribution is 0.0693. The number of nitrogens with zero attached hydrogens (tertiary/aromatic N) is 2. The van der Waals surface area contributed by atoms with Crippen LogP contribution in [0.25, 0.3) is 0 Å². The maximum Gasteiger partial charge on any atom is 0.272 e. The first kappa shape index (κ1) is 11.6. The summed E-state index contributed by atoms with van der Waals surface area (Å²) in [7, 11) is 0. The molecule has 16 heavy (non-hydrogen) atoms. The van der Waals surface area contributed by atoms with Crippen LogP contribution in [-0.2, 0) is 0 Å². The first-order chi connectivity index (χ1) is 7.81. The van der Waals surface area contributed by atoms with E-state index in [2.05, 4.69) is 20.9 Å². The maximum atomic E-state index is 12.0. The molecule has 1 aliphatic heterocycles. The molecule has 0 radical (unpaired) electrons. The van der Waals surface area contributed by atoms with Crippen LogP contribution in [0.1, 0.15) is 23.3 Å². The molecule has 0 N–H and O–H groups in total. The van der Waals surface area contributed by atoms with Crippen LogP contribution in [0.4, 0.5) is 0 Å².